The van der Waals surface area contributed by atoms with Crippen molar-refractivity contribution >= 4 is 11.8 Å². The summed E-state index contributed by atoms with van der Waals surface area (Å²) in [6.07, 6.45) is 2.94. The Hall–Kier alpha value is 0.190. The molecule has 0 radical (unpaired) electrons. The lowest BCUT2D eigenvalue weighted by Crippen LogP contribution is -2.42. The minimum absolute atomic E-state index is 0.312. The zero-order chi connectivity index (χ0) is 13.1. The fourth-order valence-corrected chi connectivity index (χ4v) is 2.61. The Kier molecular flexibility index (Phi) is 11.4. The van der Waals surface area contributed by atoms with Gasteiger partial charge in [-0.2, -0.15) is 11.8 Å². The maximum Gasteiger partial charge on any atom is 0.0791 e. The number of aliphatic hydroxyl groups is 1. The number of nitrogens with one attached hydrogen (secondary N) is 1. The van der Waals surface area contributed by atoms with Crippen molar-refractivity contribution in [2.45, 2.75) is 25.5 Å². The van der Waals surface area contributed by atoms with Crippen LogP contribution in [0.4, 0.5) is 0 Å². The summed E-state index contributed by atoms with van der Waals surface area (Å²) in [6.45, 7) is 5.02. The molecule has 0 aromatic carbocycles. The Morgan fingerprint density at radius 2 is 2.18 bits per heavy atom. The van der Waals surface area contributed by atoms with Crippen molar-refractivity contribution in [2.75, 3.05) is 52.4 Å². The van der Waals surface area contributed by atoms with Crippen molar-refractivity contribution in [3.8, 4) is 0 Å². The van der Waals surface area contributed by atoms with E-state index in [1.165, 1.54) is 0 Å². The Labute approximate surface area is 110 Å². The molecule has 2 unspecified atom stereocenters. The van der Waals surface area contributed by atoms with Gasteiger partial charge in [-0.05, 0) is 19.7 Å². The predicted molar refractivity (Wildman–Crippen MR) is 75.8 cm³/mol. The molecule has 0 aromatic rings. The van der Waals surface area contributed by atoms with Crippen molar-refractivity contribution in [3.63, 3.8) is 0 Å². The monoisotopic (exact) mass is 264 g/mol. The number of rotatable bonds is 11. The summed E-state index contributed by atoms with van der Waals surface area (Å²) in [7, 11) is 3.77. The van der Waals surface area contributed by atoms with Crippen LogP contribution in [0.25, 0.3) is 0 Å². The highest BCUT2D eigenvalue weighted by molar-refractivity contribution is 7.98. The fourth-order valence-electron chi connectivity index (χ4n) is 1.74. The van der Waals surface area contributed by atoms with Gasteiger partial charge in [-0.1, -0.05) is 6.92 Å². The Morgan fingerprint density at radius 1 is 1.47 bits per heavy atom. The van der Waals surface area contributed by atoms with Crippen LogP contribution in [0.3, 0.4) is 0 Å². The molecule has 0 amide bonds. The maximum atomic E-state index is 9.88. The molecular formula is C12H28N2O2S. The highest BCUT2D eigenvalue weighted by Crippen LogP contribution is 2.08. The van der Waals surface area contributed by atoms with Gasteiger partial charge in [0, 0.05) is 38.5 Å². The van der Waals surface area contributed by atoms with Gasteiger partial charge in [0.05, 0.1) is 12.7 Å². The molecular weight excluding hydrogens is 236 g/mol. The van der Waals surface area contributed by atoms with Gasteiger partial charge in [-0.25, -0.2) is 0 Å². The van der Waals surface area contributed by atoms with Gasteiger partial charge >= 0.3 is 0 Å². The largest absolute Gasteiger partial charge is 0.390 e. The molecule has 0 fully saturated rings. The van der Waals surface area contributed by atoms with E-state index < -0.39 is 0 Å². The Bertz CT molecular complexity index is 173. The van der Waals surface area contributed by atoms with Crippen molar-refractivity contribution < 1.29 is 9.84 Å². The molecule has 2 atom stereocenters. The summed E-state index contributed by atoms with van der Waals surface area (Å²) >= 11 is 1.86. The third-order valence-corrected chi connectivity index (χ3v) is 3.53. The first-order valence-corrected chi connectivity index (χ1v) is 7.61. The van der Waals surface area contributed by atoms with Crippen LogP contribution in [-0.2, 0) is 4.74 Å². The van der Waals surface area contributed by atoms with Crippen LogP contribution in [0.2, 0.25) is 0 Å². The number of hydrogen-bond acceptors (Lipinski definition) is 5. The fraction of sp³-hybridized carbons (Fsp3) is 1.00. The van der Waals surface area contributed by atoms with E-state index in [4.69, 9.17) is 4.74 Å². The van der Waals surface area contributed by atoms with Crippen LogP contribution in [0, 0.1) is 0 Å². The second-order valence-electron chi connectivity index (χ2n) is 4.31. The van der Waals surface area contributed by atoms with Crippen LogP contribution >= 0.6 is 11.8 Å². The number of ether oxygens (including phenoxy) is 1. The quantitative estimate of drug-likeness (QED) is 0.537. The molecule has 0 saturated carbocycles. The first kappa shape index (κ1) is 17.2. The molecule has 0 aromatic heterocycles. The Morgan fingerprint density at radius 3 is 2.71 bits per heavy atom. The summed E-state index contributed by atoms with van der Waals surface area (Å²) in [5.41, 5.74) is 0. The maximum absolute atomic E-state index is 9.88. The van der Waals surface area contributed by atoms with E-state index in [9.17, 15) is 5.11 Å². The van der Waals surface area contributed by atoms with E-state index in [0.29, 0.717) is 19.2 Å². The smallest absolute Gasteiger partial charge is 0.0791 e. The van der Waals surface area contributed by atoms with Gasteiger partial charge in [0.1, 0.15) is 0 Å². The van der Waals surface area contributed by atoms with Crippen molar-refractivity contribution in [3.05, 3.63) is 0 Å². The summed E-state index contributed by atoms with van der Waals surface area (Å²) in [6, 6.07) is 0.554. The van der Waals surface area contributed by atoms with Crippen LogP contribution in [0.5, 0.6) is 0 Å². The second kappa shape index (κ2) is 11.3. The Balaban J connectivity index is 3.72. The first-order valence-electron chi connectivity index (χ1n) is 6.22. The summed E-state index contributed by atoms with van der Waals surface area (Å²) in [4.78, 5) is 2.25. The van der Waals surface area contributed by atoms with Gasteiger partial charge in [0.15, 0.2) is 0 Å². The molecule has 0 spiro atoms. The number of methoxy groups -OCH3 is 1. The van der Waals surface area contributed by atoms with Crippen LogP contribution < -0.4 is 5.32 Å². The van der Waals surface area contributed by atoms with Crippen molar-refractivity contribution in [1.82, 2.24) is 10.2 Å². The third-order valence-electron chi connectivity index (χ3n) is 2.82. The molecule has 0 bridgehead atoms. The highest BCUT2D eigenvalue weighted by Gasteiger charge is 2.15. The van der Waals surface area contributed by atoms with Crippen molar-refractivity contribution in [2.24, 2.45) is 0 Å². The number of nitrogens with zero attached hydrogens (tertiary/aromatic N) is 1. The topological polar surface area (TPSA) is 44.7 Å². The lowest BCUT2D eigenvalue weighted by molar-refractivity contribution is 0.104. The number of aliphatic hydroxyl groups excluding tert-OH is 1. The average Bonchev–Trinajstić information content (AvgIpc) is 2.31. The predicted octanol–water partition coefficient (Wildman–Crippen LogP) is 0.657. The standard InChI is InChI=1S/C12H28N2O2S/c1-5-11(10-17-4)14(2)9-12(15)8-13-6-7-16-3/h11-13,15H,5-10H2,1-4H3. The minimum atomic E-state index is -0.312. The molecule has 0 aliphatic rings. The van der Waals surface area contributed by atoms with E-state index in [0.717, 1.165) is 25.3 Å². The molecule has 0 saturated heterocycles. The molecule has 0 aliphatic heterocycles. The molecule has 5 heteroatoms. The van der Waals surface area contributed by atoms with Crippen molar-refractivity contribution in [1.29, 1.82) is 0 Å². The van der Waals surface area contributed by atoms with Gasteiger partial charge < -0.3 is 15.2 Å². The zero-order valence-electron chi connectivity index (χ0n) is 11.6. The van der Waals surface area contributed by atoms with Crippen LogP contribution in [-0.4, -0.2) is 74.6 Å². The van der Waals surface area contributed by atoms with E-state index in [1.807, 2.05) is 11.8 Å². The van der Waals surface area contributed by atoms with Gasteiger partial charge in [-0.15, -0.1) is 0 Å². The number of likely N-dealkylation sites (N-methyl/N-ethyl adjacent to an activating group) is 1. The summed E-state index contributed by atoms with van der Waals surface area (Å²) < 4.78 is 4.93. The molecule has 0 aliphatic carbocycles. The second-order valence-corrected chi connectivity index (χ2v) is 5.22. The molecule has 17 heavy (non-hydrogen) atoms. The number of hydrogen-bond donors (Lipinski definition) is 2. The van der Waals surface area contributed by atoms with E-state index in [1.54, 1.807) is 7.11 Å². The average molecular weight is 264 g/mol. The van der Waals surface area contributed by atoms with Crippen LogP contribution in [0.15, 0.2) is 0 Å². The van der Waals surface area contributed by atoms with Crippen LogP contribution in [0.1, 0.15) is 13.3 Å². The van der Waals surface area contributed by atoms with Gasteiger partial charge in [0.25, 0.3) is 0 Å². The van der Waals surface area contributed by atoms with E-state index in [2.05, 4.69) is 30.4 Å². The molecule has 0 heterocycles. The lowest BCUT2D eigenvalue weighted by atomic mass is 10.2. The molecule has 2 N–H and O–H groups in total. The highest BCUT2D eigenvalue weighted by atomic mass is 32.2. The van der Waals surface area contributed by atoms with E-state index in [-0.39, 0.29) is 6.10 Å². The van der Waals surface area contributed by atoms with Gasteiger partial charge in [0.2, 0.25) is 0 Å². The summed E-state index contributed by atoms with van der Waals surface area (Å²) in [5.74, 6) is 1.12. The lowest BCUT2D eigenvalue weighted by Gasteiger charge is -2.28. The molecule has 4 nitrogen and oxygen atoms in total. The zero-order valence-corrected chi connectivity index (χ0v) is 12.4. The first-order chi connectivity index (χ1) is 8.15. The molecule has 104 valence electrons. The minimum Gasteiger partial charge on any atom is -0.390 e. The summed E-state index contributed by atoms with van der Waals surface area (Å²) in [5, 5.41) is 13.1. The SMILES string of the molecule is CCC(CSC)N(C)CC(O)CNCCOC. The normalized spacial score (nSPS) is 15.2. The van der Waals surface area contributed by atoms with Gasteiger partial charge in [-0.3, -0.25) is 4.90 Å². The third kappa shape index (κ3) is 8.85. The number of thioether (sulfide) groups is 1. The molecule has 0 rings (SSSR count). The van der Waals surface area contributed by atoms with E-state index >= 15 is 0 Å².